The normalized spacial score (nSPS) is 25.4. The summed E-state index contributed by atoms with van der Waals surface area (Å²) in [5, 5.41) is 0. The Kier molecular flexibility index (Phi) is 5.04. The maximum Gasteiger partial charge on any atom is 0.393 e. The molecule has 3 amide bonds. The summed E-state index contributed by atoms with van der Waals surface area (Å²) in [5.74, 6) is -1.21. The Morgan fingerprint density at radius 3 is 2.34 bits per heavy atom. The summed E-state index contributed by atoms with van der Waals surface area (Å²) < 4.78 is 38.5. The zero-order chi connectivity index (χ0) is 20.8. The molecular weight excluding hydrogens is 387 g/mol. The Morgan fingerprint density at radius 1 is 1.03 bits per heavy atom. The van der Waals surface area contributed by atoms with Crippen LogP contribution in [0.5, 0.6) is 0 Å². The maximum atomic E-state index is 12.8. The second kappa shape index (κ2) is 7.38. The van der Waals surface area contributed by atoms with E-state index in [1.807, 2.05) is 6.07 Å². The molecule has 3 aliphatic heterocycles. The van der Waals surface area contributed by atoms with E-state index in [9.17, 15) is 22.8 Å². The van der Waals surface area contributed by atoms with Crippen LogP contribution >= 0.6 is 0 Å². The van der Waals surface area contributed by atoms with Gasteiger partial charge in [0.1, 0.15) is 5.82 Å². The molecule has 2 atom stereocenters. The van der Waals surface area contributed by atoms with E-state index in [-0.39, 0.29) is 36.7 Å². The number of carbonyl (C=O) groups excluding carboxylic acids is 2. The number of rotatable bonds is 3. The minimum atomic E-state index is -4.16. The van der Waals surface area contributed by atoms with E-state index in [1.165, 1.54) is 0 Å². The Hall–Kier alpha value is -2.52. The summed E-state index contributed by atoms with van der Waals surface area (Å²) in [5.41, 5.74) is 6.28. The number of nitrogens with two attached hydrogens (primary N) is 1. The molecule has 7 nitrogen and oxygen atoms in total. The Labute approximate surface area is 166 Å². The van der Waals surface area contributed by atoms with Crippen LogP contribution in [0.3, 0.4) is 0 Å². The Morgan fingerprint density at radius 2 is 1.79 bits per heavy atom. The molecule has 0 saturated carbocycles. The van der Waals surface area contributed by atoms with Gasteiger partial charge in [-0.05, 0) is 24.5 Å². The van der Waals surface area contributed by atoms with Crippen molar-refractivity contribution >= 4 is 17.8 Å². The molecule has 1 unspecified atom stereocenters. The van der Waals surface area contributed by atoms with Gasteiger partial charge in [-0.25, -0.2) is 9.78 Å². The topological polar surface area (TPSA) is 82.8 Å². The highest BCUT2D eigenvalue weighted by Gasteiger charge is 2.44. The predicted octanol–water partition coefficient (Wildman–Crippen LogP) is 1.80. The lowest BCUT2D eigenvalue weighted by Gasteiger charge is -2.41. The minimum absolute atomic E-state index is 0.0519. The quantitative estimate of drug-likeness (QED) is 0.822. The van der Waals surface area contributed by atoms with Crippen LogP contribution < -0.4 is 10.6 Å². The summed E-state index contributed by atoms with van der Waals surface area (Å²) in [6.45, 7) is 2.35. The van der Waals surface area contributed by atoms with Crippen molar-refractivity contribution in [2.75, 3.05) is 44.2 Å². The second-order valence-electron chi connectivity index (χ2n) is 8.14. The number of primary amides is 1. The summed E-state index contributed by atoms with van der Waals surface area (Å²) in [7, 11) is 0. The van der Waals surface area contributed by atoms with E-state index in [4.69, 9.17) is 5.73 Å². The van der Waals surface area contributed by atoms with Crippen LogP contribution in [0.15, 0.2) is 18.3 Å². The lowest BCUT2D eigenvalue weighted by Crippen LogP contribution is -2.53. The van der Waals surface area contributed by atoms with Crippen LogP contribution in [0.25, 0.3) is 0 Å². The third-order valence-electron chi connectivity index (χ3n) is 6.23. The molecule has 0 bridgehead atoms. The van der Waals surface area contributed by atoms with Crippen LogP contribution in [-0.2, 0) is 4.79 Å². The van der Waals surface area contributed by atoms with E-state index in [0.717, 1.165) is 5.56 Å². The van der Waals surface area contributed by atoms with Gasteiger partial charge in [-0.2, -0.15) is 13.2 Å². The third kappa shape index (κ3) is 3.97. The Bertz CT molecular complexity index is 779. The van der Waals surface area contributed by atoms with Crippen LogP contribution in [-0.4, -0.2) is 72.2 Å². The van der Waals surface area contributed by atoms with E-state index in [0.29, 0.717) is 45.0 Å². The molecule has 1 aromatic heterocycles. The molecule has 0 spiro atoms. The van der Waals surface area contributed by atoms with Crippen LogP contribution in [0, 0.1) is 11.8 Å². The molecule has 0 radical (unpaired) electrons. The van der Waals surface area contributed by atoms with Crippen molar-refractivity contribution in [2.45, 2.75) is 24.9 Å². The molecule has 0 aromatic carbocycles. The number of aromatic nitrogens is 1. The first-order valence-electron chi connectivity index (χ1n) is 9.83. The highest BCUT2D eigenvalue weighted by Crippen LogP contribution is 2.35. The summed E-state index contributed by atoms with van der Waals surface area (Å²) in [6.07, 6.45) is -1.76. The lowest BCUT2D eigenvalue weighted by atomic mass is 9.93. The van der Waals surface area contributed by atoms with Gasteiger partial charge in [0.25, 0.3) is 0 Å². The average Bonchev–Trinajstić information content (AvgIpc) is 3.30. The zero-order valence-corrected chi connectivity index (χ0v) is 15.9. The number of hydrogen-bond donors (Lipinski definition) is 1. The molecule has 3 aliphatic rings. The first-order valence-corrected chi connectivity index (χ1v) is 9.83. The maximum absolute atomic E-state index is 12.8. The number of nitrogens with zero attached hydrogens (tertiary/aromatic N) is 4. The van der Waals surface area contributed by atoms with Crippen molar-refractivity contribution in [3.8, 4) is 0 Å². The average molecular weight is 411 g/mol. The smallest absolute Gasteiger partial charge is 0.369 e. The van der Waals surface area contributed by atoms with Crippen molar-refractivity contribution in [1.82, 2.24) is 14.8 Å². The first kappa shape index (κ1) is 19.8. The van der Waals surface area contributed by atoms with Gasteiger partial charge in [0, 0.05) is 51.4 Å². The highest BCUT2D eigenvalue weighted by molar-refractivity contribution is 5.80. The summed E-state index contributed by atoms with van der Waals surface area (Å²) in [4.78, 5) is 33.2. The number of carbonyl (C=O) groups is 2. The van der Waals surface area contributed by atoms with E-state index in [1.54, 1.807) is 27.0 Å². The lowest BCUT2D eigenvalue weighted by molar-refractivity contribution is -0.168. The predicted molar refractivity (Wildman–Crippen MR) is 99.2 cm³/mol. The molecule has 4 rings (SSSR count). The fraction of sp³-hybridized carbons (Fsp3) is 0.632. The van der Waals surface area contributed by atoms with Gasteiger partial charge in [-0.1, -0.05) is 6.07 Å². The number of alkyl halides is 3. The monoisotopic (exact) mass is 411 g/mol. The number of urea groups is 1. The van der Waals surface area contributed by atoms with E-state index in [2.05, 4.69) is 4.98 Å². The van der Waals surface area contributed by atoms with Gasteiger partial charge in [0.2, 0.25) is 5.91 Å². The SMILES string of the molecule is NC(=O)[C@H]1CCN(C(=O)N2CC(c3ccc(N4CCC(C(F)(F)F)C4)nc3)C2)C1. The third-order valence-corrected chi connectivity index (χ3v) is 6.23. The van der Waals surface area contributed by atoms with Crippen molar-refractivity contribution < 1.29 is 22.8 Å². The number of likely N-dealkylation sites (tertiary alicyclic amines) is 2. The van der Waals surface area contributed by atoms with Crippen molar-refractivity contribution in [1.29, 1.82) is 0 Å². The molecule has 3 fully saturated rings. The number of amides is 3. The van der Waals surface area contributed by atoms with Crippen LogP contribution in [0.4, 0.5) is 23.8 Å². The highest BCUT2D eigenvalue weighted by atomic mass is 19.4. The summed E-state index contributed by atoms with van der Waals surface area (Å²) >= 11 is 0. The van der Waals surface area contributed by atoms with Gasteiger partial charge in [0.15, 0.2) is 0 Å². The second-order valence-corrected chi connectivity index (χ2v) is 8.14. The number of halogens is 3. The van der Waals surface area contributed by atoms with E-state index < -0.39 is 12.1 Å². The number of pyridine rings is 1. The van der Waals surface area contributed by atoms with Crippen molar-refractivity contribution in [3.63, 3.8) is 0 Å². The Balaban J connectivity index is 1.28. The fourth-order valence-electron chi connectivity index (χ4n) is 4.27. The zero-order valence-electron chi connectivity index (χ0n) is 15.9. The van der Waals surface area contributed by atoms with Crippen LogP contribution in [0.2, 0.25) is 0 Å². The van der Waals surface area contributed by atoms with Gasteiger partial charge in [-0.3, -0.25) is 4.79 Å². The molecule has 2 N–H and O–H groups in total. The van der Waals surface area contributed by atoms with Gasteiger partial charge in [0.05, 0.1) is 11.8 Å². The number of anilines is 1. The number of hydrogen-bond acceptors (Lipinski definition) is 4. The van der Waals surface area contributed by atoms with Gasteiger partial charge >= 0.3 is 12.2 Å². The molecular formula is C19H24F3N5O2. The largest absolute Gasteiger partial charge is 0.393 e. The molecule has 158 valence electrons. The fourth-order valence-corrected chi connectivity index (χ4v) is 4.27. The molecule has 0 aliphatic carbocycles. The molecule has 4 heterocycles. The van der Waals surface area contributed by atoms with Gasteiger partial charge < -0.3 is 20.4 Å². The van der Waals surface area contributed by atoms with Crippen LogP contribution in [0.1, 0.15) is 24.3 Å². The summed E-state index contributed by atoms with van der Waals surface area (Å²) in [6, 6.07) is 3.57. The minimum Gasteiger partial charge on any atom is -0.369 e. The van der Waals surface area contributed by atoms with Crippen molar-refractivity contribution in [2.24, 2.45) is 17.6 Å². The first-order chi connectivity index (χ1) is 13.7. The van der Waals surface area contributed by atoms with Crippen molar-refractivity contribution in [3.05, 3.63) is 23.9 Å². The molecule has 3 saturated heterocycles. The standard InChI is InChI=1S/C19H24F3N5O2/c20-19(21,22)15-4-6-25(11-15)16-2-1-12(7-24-16)14-9-27(10-14)18(29)26-5-3-13(8-26)17(23)28/h1-2,7,13-15H,3-6,8-11H2,(H2,23,28)/t13-,15?/m0/s1. The molecule has 29 heavy (non-hydrogen) atoms. The van der Waals surface area contributed by atoms with E-state index >= 15 is 0 Å². The van der Waals surface area contributed by atoms with Gasteiger partial charge in [-0.15, -0.1) is 0 Å². The molecule has 10 heteroatoms. The molecule has 1 aromatic rings.